The van der Waals surface area contributed by atoms with E-state index in [4.69, 9.17) is 0 Å². The molecule has 1 N–H and O–H groups in total. The second-order valence-electron chi connectivity index (χ2n) is 7.53. The third-order valence-electron chi connectivity index (χ3n) is 5.55. The Kier molecular flexibility index (Phi) is 5.10. The van der Waals surface area contributed by atoms with Crippen molar-refractivity contribution in [1.82, 2.24) is 19.9 Å². The molecule has 0 atom stereocenters. The number of amides is 1. The Morgan fingerprint density at radius 1 is 1.00 bits per heavy atom. The molecular formula is C23H21N5O3S. The van der Waals surface area contributed by atoms with Crippen LogP contribution in [0.4, 0.5) is 5.69 Å². The van der Waals surface area contributed by atoms with Crippen LogP contribution in [0.15, 0.2) is 77.8 Å². The third-order valence-corrected chi connectivity index (χ3v) is 7.36. The predicted octanol–water partition coefficient (Wildman–Crippen LogP) is 2.45. The summed E-state index contributed by atoms with van der Waals surface area (Å²) in [7, 11) is -3.76. The van der Waals surface area contributed by atoms with Crippen molar-refractivity contribution in [2.45, 2.75) is 17.7 Å². The van der Waals surface area contributed by atoms with Gasteiger partial charge in [0.15, 0.2) is 5.65 Å². The molecule has 1 aliphatic heterocycles. The number of fused-ring (bicyclic) bond motifs is 2. The first-order valence-electron chi connectivity index (χ1n) is 10.3. The minimum Gasteiger partial charge on any atom is -0.352 e. The third kappa shape index (κ3) is 3.60. The number of carbonyl (C=O) groups is 1. The number of nitrogens with one attached hydrogen (secondary N) is 1. The average molecular weight is 448 g/mol. The van der Waals surface area contributed by atoms with Crippen LogP contribution in [0, 0.1) is 0 Å². The minimum atomic E-state index is -3.76. The molecule has 32 heavy (non-hydrogen) atoms. The van der Waals surface area contributed by atoms with E-state index in [1.54, 1.807) is 12.1 Å². The highest BCUT2D eigenvalue weighted by molar-refractivity contribution is 7.92. The van der Waals surface area contributed by atoms with E-state index in [1.807, 2.05) is 53.1 Å². The van der Waals surface area contributed by atoms with Gasteiger partial charge in [-0.2, -0.15) is 0 Å². The number of anilines is 1. The molecule has 0 fully saturated rings. The fraction of sp³-hybridized carbons (Fsp3) is 0.174. The van der Waals surface area contributed by atoms with E-state index < -0.39 is 10.0 Å². The van der Waals surface area contributed by atoms with Gasteiger partial charge in [0.1, 0.15) is 5.82 Å². The van der Waals surface area contributed by atoms with Crippen LogP contribution in [0.1, 0.15) is 21.7 Å². The van der Waals surface area contributed by atoms with E-state index in [9.17, 15) is 13.2 Å². The summed E-state index contributed by atoms with van der Waals surface area (Å²) in [5, 5.41) is 11.1. The highest BCUT2D eigenvalue weighted by Crippen LogP contribution is 2.32. The summed E-state index contributed by atoms with van der Waals surface area (Å²) >= 11 is 0. The van der Waals surface area contributed by atoms with E-state index in [2.05, 4.69) is 15.5 Å². The molecular weight excluding hydrogens is 426 g/mol. The van der Waals surface area contributed by atoms with Crippen molar-refractivity contribution in [3.05, 3.63) is 89.9 Å². The van der Waals surface area contributed by atoms with Crippen LogP contribution in [-0.4, -0.2) is 42.0 Å². The van der Waals surface area contributed by atoms with Crippen LogP contribution in [-0.2, 0) is 22.9 Å². The lowest BCUT2D eigenvalue weighted by atomic mass is 10.2. The predicted molar refractivity (Wildman–Crippen MR) is 120 cm³/mol. The minimum absolute atomic E-state index is 0.102. The molecule has 3 heterocycles. The molecule has 8 nitrogen and oxygen atoms in total. The molecule has 0 aliphatic carbocycles. The molecule has 5 rings (SSSR count). The summed E-state index contributed by atoms with van der Waals surface area (Å²) in [4.78, 5) is 12.8. The van der Waals surface area contributed by atoms with Gasteiger partial charge in [-0.3, -0.25) is 13.5 Å². The van der Waals surface area contributed by atoms with Gasteiger partial charge in [0.05, 0.1) is 10.6 Å². The van der Waals surface area contributed by atoms with Crippen molar-refractivity contribution in [2.75, 3.05) is 17.4 Å². The van der Waals surface area contributed by atoms with Crippen molar-refractivity contribution in [3.8, 4) is 0 Å². The van der Waals surface area contributed by atoms with Crippen LogP contribution < -0.4 is 9.62 Å². The molecule has 9 heteroatoms. The summed E-state index contributed by atoms with van der Waals surface area (Å²) in [6.07, 6.45) is 3.05. The van der Waals surface area contributed by atoms with E-state index in [0.29, 0.717) is 37.2 Å². The van der Waals surface area contributed by atoms with Gasteiger partial charge >= 0.3 is 0 Å². The second-order valence-corrected chi connectivity index (χ2v) is 9.40. The molecule has 0 unspecified atom stereocenters. The normalized spacial score (nSPS) is 13.3. The second kappa shape index (κ2) is 8.08. The van der Waals surface area contributed by atoms with Crippen molar-refractivity contribution >= 4 is 27.3 Å². The standard InChI is InChI=1S/C23H21N5O3S/c29-23(24-13-11-22-26-25-21-10-3-4-14-27(21)22)18-7-5-8-19(16-18)32(30,31)28-15-12-17-6-1-2-9-20(17)28/h1-10,14,16H,11-13,15H2,(H,24,29). The number of rotatable bonds is 6. The van der Waals surface area contributed by atoms with Crippen LogP contribution in [0.2, 0.25) is 0 Å². The van der Waals surface area contributed by atoms with Gasteiger partial charge in [-0.15, -0.1) is 10.2 Å². The first-order valence-corrected chi connectivity index (χ1v) is 11.8. The van der Waals surface area contributed by atoms with E-state index >= 15 is 0 Å². The highest BCUT2D eigenvalue weighted by Gasteiger charge is 2.30. The number of aromatic nitrogens is 3. The van der Waals surface area contributed by atoms with Gasteiger partial charge in [-0.05, 0) is 48.4 Å². The number of benzene rings is 2. The fourth-order valence-corrected chi connectivity index (χ4v) is 5.48. The molecule has 0 saturated carbocycles. The van der Waals surface area contributed by atoms with Gasteiger partial charge in [-0.25, -0.2) is 8.42 Å². The lowest BCUT2D eigenvalue weighted by Gasteiger charge is -2.20. The maximum Gasteiger partial charge on any atom is 0.264 e. The molecule has 1 aliphatic rings. The monoisotopic (exact) mass is 447 g/mol. The van der Waals surface area contributed by atoms with Gasteiger partial charge in [0.25, 0.3) is 15.9 Å². The summed E-state index contributed by atoms with van der Waals surface area (Å²) in [6, 6.07) is 19.3. The number of para-hydroxylation sites is 1. The molecule has 0 bridgehead atoms. The van der Waals surface area contributed by atoms with Crippen molar-refractivity contribution in [2.24, 2.45) is 0 Å². The molecule has 1 amide bonds. The number of sulfonamides is 1. The zero-order valence-corrected chi connectivity index (χ0v) is 18.0. The van der Waals surface area contributed by atoms with Gasteiger partial charge < -0.3 is 5.32 Å². The van der Waals surface area contributed by atoms with Gasteiger partial charge in [0, 0.05) is 31.3 Å². The largest absolute Gasteiger partial charge is 0.352 e. The summed E-state index contributed by atoms with van der Waals surface area (Å²) < 4.78 is 29.8. The number of nitrogens with zero attached hydrogens (tertiary/aromatic N) is 4. The lowest BCUT2D eigenvalue weighted by Crippen LogP contribution is -2.30. The Labute approximate surface area is 185 Å². The molecule has 0 saturated heterocycles. The van der Waals surface area contributed by atoms with Crippen LogP contribution >= 0.6 is 0 Å². The maximum atomic E-state index is 13.2. The molecule has 4 aromatic rings. The smallest absolute Gasteiger partial charge is 0.264 e. The highest BCUT2D eigenvalue weighted by atomic mass is 32.2. The van der Waals surface area contributed by atoms with Crippen LogP contribution in [0.3, 0.4) is 0 Å². The Morgan fingerprint density at radius 3 is 2.75 bits per heavy atom. The Hall–Kier alpha value is -3.72. The van der Waals surface area contributed by atoms with Gasteiger partial charge in [-0.1, -0.05) is 30.3 Å². The topological polar surface area (TPSA) is 96.7 Å². The SMILES string of the molecule is O=C(NCCc1nnc2ccccn12)c1cccc(S(=O)(=O)N2CCc3ccccc32)c1. The molecule has 162 valence electrons. The Balaban J connectivity index is 1.30. The lowest BCUT2D eigenvalue weighted by molar-refractivity contribution is 0.0953. The number of carbonyl (C=O) groups excluding carboxylic acids is 1. The van der Waals surface area contributed by atoms with Crippen LogP contribution in [0.25, 0.3) is 5.65 Å². The summed E-state index contributed by atoms with van der Waals surface area (Å²) in [5.41, 5.74) is 2.74. The number of pyridine rings is 1. The first kappa shape index (κ1) is 20.2. The average Bonchev–Trinajstić information content (AvgIpc) is 3.44. The molecule has 2 aromatic heterocycles. The zero-order chi connectivity index (χ0) is 22.1. The van der Waals surface area contributed by atoms with E-state index in [1.165, 1.54) is 16.4 Å². The van der Waals surface area contributed by atoms with E-state index in [0.717, 1.165) is 17.0 Å². The number of hydrogen-bond donors (Lipinski definition) is 1. The Morgan fingerprint density at radius 2 is 1.84 bits per heavy atom. The maximum absolute atomic E-state index is 13.2. The first-order chi connectivity index (χ1) is 15.5. The van der Waals surface area contributed by atoms with Crippen molar-refractivity contribution in [1.29, 1.82) is 0 Å². The molecule has 0 spiro atoms. The summed E-state index contributed by atoms with van der Waals surface area (Å²) in [5.74, 6) is 0.405. The molecule has 2 aromatic carbocycles. The van der Waals surface area contributed by atoms with Crippen molar-refractivity contribution in [3.63, 3.8) is 0 Å². The summed E-state index contributed by atoms with van der Waals surface area (Å²) in [6.45, 7) is 0.745. The van der Waals surface area contributed by atoms with Crippen molar-refractivity contribution < 1.29 is 13.2 Å². The quantitative estimate of drug-likeness (QED) is 0.490. The Bertz CT molecular complexity index is 1410. The molecule has 0 radical (unpaired) electrons. The van der Waals surface area contributed by atoms with E-state index in [-0.39, 0.29) is 10.8 Å². The number of hydrogen-bond acceptors (Lipinski definition) is 5. The fourth-order valence-electron chi connectivity index (χ4n) is 3.93. The van der Waals surface area contributed by atoms with Gasteiger partial charge in [0.2, 0.25) is 0 Å². The van der Waals surface area contributed by atoms with Crippen LogP contribution in [0.5, 0.6) is 0 Å². The zero-order valence-electron chi connectivity index (χ0n) is 17.2.